The fraction of sp³-hybridized carbons (Fsp3) is 0.467. The molecule has 2 amide bonds. The lowest BCUT2D eigenvalue weighted by atomic mass is 10.2. The highest BCUT2D eigenvalue weighted by Crippen LogP contribution is 2.16. The van der Waals surface area contributed by atoms with Gasteiger partial charge in [-0.1, -0.05) is 6.07 Å². The molecule has 21 heavy (non-hydrogen) atoms. The molecule has 0 aliphatic rings. The van der Waals surface area contributed by atoms with Crippen molar-refractivity contribution in [2.24, 2.45) is 0 Å². The summed E-state index contributed by atoms with van der Waals surface area (Å²) >= 11 is 0. The van der Waals surface area contributed by atoms with Crippen LogP contribution in [0.4, 0.5) is 10.1 Å². The van der Waals surface area contributed by atoms with Gasteiger partial charge in [0.2, 0.25) is 11.8 Å². The fourth-order valence-corrected chi connectivity index (χ4v) is 1.83. The smallest absolute Gasteiger partial charge is 0.223 e. The lowest BCUT2D eigenvalue weighted by Gasteiger charge is -2.21. The third kappa shape index (κ3) is 6.35. The average Bonchev–Trinajstić information content (AvgIpc) is 2.38. The number of hydrogen-bond acceptors (Lipinski definition) is 3. The van der Waals surface area contributed by atoms with E-state index in [-0.39, 0.29) is 24.8 Å². The van der Waals surface area contributed by atoms with Gasteiger partial charge in [-0.2, -0.15) is 0 Å². The van der Waals surface area contributed by atoms with Crippen LogP contribution < -0.4 is 10.2 Å². The van der Waals surface area contributed by atoms with Crippen LogP contribution in [0.15, 0.2) is 24.3 Å². The maximum atomic E-state index is 13.2. The molecule has 0 atom stereocenters. The lowest BCUT2D eigenvalue weighted by Crippen LogP contribution is -2.36. The van der Waals surface area contributed by atoms with Crippen LogP contribution in [0.1, 0.15) is 13.3 Å². The summed E-state index contributed by atoms with van der Waals surface area (Å²) in [7, 11) is 3.85. The maximum Gasteiger partial charge on any atom is 0.223 e. The molecule has 0 unspecified atom stereocenters. The lowest BCUT2D eigenvalue weighted by molar-refractivity contribution is -0.121. The van der Waals surface area contributed by atoms with Crippen molar-refractivity contribution in [3.63, 3.8) is 0 Å². The summed E-state index contributed by atoms with van der Waals surface area (Å²) < 4.78 is 13.2. The first-order valence-corrected chi connectivity index (χ1v) is 6.85. The second-order valence-corrected chi connectivity index (χ2v) is 5.05. The van der Waals surface area contributed by atoms with Gasteiger partial charge in [-0.25, -0.2) is 4.39 Å². The number of anilines is 1. The summed E-state index contributed by atoms with van der Waals surface area (Å²) in [6, 6.07) is 5.79. The molecule has 6 heteroatoms. The van der Waals surface area contributed by atoms with Crippen LogP contribution >= 0.6 is 0 Å². The van der Waals surface area contributed by atoms with E-state index in [9.17, 15) is 14.0 Å². The van der Waals surface area contributed by atoms with Crippen molar-refractivity contribution >= 4 is 17.5 Å². The highest BCUT2D eigenvalue weighted by atomic mass is 19.1. The number of halogens is 1. The molecule has 1 aromatic carbocycles. The fourth-order valence-electron chi connectivity index (χ4n) is 1.83. The summed E-state index contributed by atoms with van der Waals surface area (Å²) in [4.78, 5) is 26.7. The molecule has 0 aliphatic heterocycles. The summed E-state index contributed by atoms with van der Waals surface area (Å²) in [5, 5.41) is 2.78. The Morgan fingerprint density at radius 1 is 1.24 bits per heavy atom. The van der Waals surface area contributed by atoms with Gasteiger partial charge in [0.25, 0.3) is 0 Å². The van der Waals surface area contributed by atoms with Gasteiger partial charge < -0.3 is 15.1 Å². The van der Waals surface area contributed by atoms with Crippen molar-refractivity contribution in [3.8, 4) is 0 Å². The minimum Gasteiger partial charge on any atom is -0.355 e. The van der Waals surface area contributed by atoms with E-state index in [4.69, 9.17) is 0 Å². The SMILES string of the molecule is CC(=O)N(CCC(=O)NCCN(C)C)c1cccc(F)c1. The highest BCUT2D eigenvalue weighted by molar-refractivity contribution is 5.92. The minimum atomic E-state index is -0.408. The van der Waals surface area contributed by atoms with Gasteiger partial charge in [0.05, 0.1) is 0 Å². The average molecular weight is 295 g/mol. The zero-order chi connectivity index (χ0) is 15.8. The molecular weight excluding hydrogens is 273 g/mol. The molecule has 0 saturated heterocycles. The van der Waals surface area contributed by atoms with E-state index in [1.807, 2.05) is 19.0 Å². The van der Waals surface area contributed by atoms with Crippen LogP contribution in [-0.2, 0) is 9.59 Å². The van der Waals surface area contributed by atoms with E-state index in [2.05, 4.69) is 5.32 Å². The van der Waals surface area contributed by atoms with E-state index in [0.717, 1.165) is 6.54 Å². The normalized spacial score (nSPS) is 10.5. The van der Waals surface area contributed by atoms with E-state index < -0.39 is 5.82 Å². The Morgan fingerprint density at radius 3 is 2.52 bits per heavy atom. The number of carbonyl (C=O) groups is 2. The zero-order valence-electron chi connectivity index (χ0n) is 12.7. The van der Waals surface area contributed by atoms with Gasteiger partial charge in [0.1, 0.15) is 5.82 Å². The minimum absolute atomic E-state index is 0.125. The van der Waals surface area contributed by atoms with Gasteiger partial charge in [-0.15, -0.1) is 0 Å². The Labute approximate surface area is 124 Å². The third-order valence-corrected chi connectivity index (χ3v) is 2.94. The van der Waals surface area contributed by atoms with Gasteiger partial charge in [-0.05, 0) is 32.3 Å². The number of rotatable bonds is 7. The van der Waals surface area contributed by atoms with Crippen LogP contribution in [0.5, 0.6) is 0 Å². The molecular formula is C15H22FN3O2. The molecule has 0 heterocycles. The molecule has 0 aromatic heterocycles. The molecule has 1 N–H and O–H groups in total. The van der Waals surface area contributed by atoms with E-state index >= 15 is 0 Å². The summed E-state index contributed by atoms with van der Waals surface area (Å²) in [5.41, 5.74) is 0.462. The van der Waals surface area contributed by atoms with Crippen LogP contribution in [0.2, 0.25) is 0 Å². The van der Waals surface area contributed by atoms with Crippen molar-refractivity contribution < 1.29 is 14.0 Å². The first kappa shape index (κ1) is 17.1. The molecule has 5 nitrogen and oxygen atoms in total. The largest absolute Gasteiger partial charge is 0.355 e. The molecule has 0 spiro atoms. The molecule has 1 rings (SSSR count). The van der Waals surface area contributed by atoms with Gasteiger partial charge in [-0.3, -0.25) is 9.59 Å². The predicted molar refractivity (Wildman–Crippen MR) is 80.6 cm³/mol. The molecule has 0 aliphatic carbocycles. The van der Waals surface area contributed by atoms with Crippen molar-refractivity contribution in [1.82, 2.24) is 10.2 Å². The predicted octanol–water partition coefficient (Wildman–Crippen LogP) is 1.25. The van der Waals surface area contributed by atoms with Crippen LogP contribution in [-0.4, -0.2) is 50.4 Å². The second-order valence-electron chi connectivity index (χ2n) is 5.05. The van der Waals surface area contributed by atoms with Gasteiger partial charge in [0, 0.05) is 38.7 Å². The first-order valence-electron chi connectivity index (χ1n) is 6.85. The molecule has 0 radical (unpaired) electrons. The topological polar surface area (TPSA) is 52.7 Å². The van der Waals surface area contributed by atoms with Crippen molar-refractivity contribution in [2.45, 2.75) is 13.3 Å². The van der Waals surface area contributed by atoms with Crippen LogP contribution in [0.25, 0.3) is 0 Å². The van der Waals surface area contributed by atoms with Gasteiger partial charge >= 0.3 is 0 Å². The number of amides is 2. The molecule has 1 aromatic rings. The summed E-state index contributed by atoms with van der Waals surface area (Å²) in [6.07, 6.45) is 0.184. The molecule has 0 saturated carbocycles. The first-order chi connectivity index (χ1) is 9.90. The maximum absolute atomic E-state index is 13.2. The number of nitrogens with one attached hydrogen (secondary N) is 1. The molecule has 0 bridgehead atoms. The monoisotopic (exact) mass is 295 g/mol. The van der Waals surface area contributed by atoms with Crippen LogP contribution in [0, 0.1) is 5.82 Å². The standard InChI is InChI=1S/C15H22FN3O2/c1-12(20)19(14-6-4-5-13(16)11-14)9-7-15(21)17-8-10-18(2)3/h4-6,11H,7-10H2,1-3H3,(H,17,21). The van der Waals surface area contributed by atoms with E-state index in [1.54, 1.807) is 6.07 Å². The number of benzene rings is 1. The summed E-state index contributed by atoms with van der Waals surface area (Å²) in [6.45, 7) is 2.94. The zero-order valence-corrected chi connectivity index (χ0v) is 12.7. The summed E-state index contributed by atoms with van der Waals surface area (Å²) in [5.74, 6) is -0.754. The number of hydrogen-bond donors (Lipinski definition) is 1. The van der Waals surface area contributed by atoms with E-state index in [1.165, 1.54) is 30.0 Å². The van der Waals surface area contributed by atoms with Crippen molar-refractivity contribution in [1.29, 1.82) is 0 Å². The Morgan fingerprint density at radius 2 is 1.95 bits per heavy atom. The Hall–Kier alpha value is -1.95. The van der Waals surface area contributed by atoms with Crippen LogP contribution in [0.3, 0.4) is 0 Å². The molecule has 0 fully saturated rings. The number of carbonyl (C=O) groups excluding carboxylic acids is 2. The van der Waals surface area contributed by atoms with Crippen molar-refractivity contribution in [2.75, 3.05) is 38.6 Å². The molecule has 116 valence electrons. The Balaban J connectivity index is 2.52. The quantitative estimate of drug-likeness (QED) is 0.823. The Kier molecular flexibility index (Phi) is 6.81. The Bertz CT molecular complexity index is 492. The van der Waals surface area contributed by atoms with Gasteiger partial charge in [0.15, 0.2) is 0 Å². The highest BCUT2D eigenvalue weighted by Gasteiger charge is 2.13. The second kappa shape index (κ2) is 8.36. The van der Waals surface area contributed by atoms with Crippen molar-refractivity contribution in [3.05, 3.63) is 30.1 Å². The third-order valence-electron chi connectivity index (χ3n) is 2.94. The number of nitrogens with zero attached hydrogens (tertiary/aromatic N) is 2. The number of likely N-dealkylation sites (N-methyl/N-ethyl adjacent to an activating group) is 1. The van der Waals surface area contributed by atoms with E-state index in [0.29, 0.717) is 12.2 Å².